The maximum atomic E-state index is 11.5. The van der Waals surface area contributed by atoms with Crippen LogP contribution in [0.15, 0.2) is 45.2 Å². The van der Waals surface area contributed by atoms with Gasteiger partial charge in [-0.2, -0.15) is 10.2 Å². The van der Waals surface area contributed by atoms with Crippen LogP contribution >= 0.6 is 22.7 Å². The van der Waals surface area contributed by atoms with Crippen LogP contribution in [0, 0.1) is 0 Å². The highest BCUT2D eigenvalue weighted by atomic mass is 32.1. The van der Waals surface area contributed by atoms with E-state index in [1.54, 1.807) is 35.0 Å². The van der Waals surface area contributed by atoms with E-state index in [-0.39, 0.29) is 11.8 Å². The molecule has 2 aromatic heterocycles. The van der Waals surface area contributed by atoms with E-state index in [4.69, 9.17) is 0 Å². The van der Waals surface area contributed by atoms with Gasteiger partial charge in [0.15, 0.2) is 0 Å². The molecule has 6 nitrogen and oxygen atoms in total. The lowest BCUT2D eigenvalue weighted by atomic mass is 10.4. The van der Waals surface area contributed by atoms with E-state index < -0.39 is 0 Å². The van der Waals surface area contributed by atoms with Gasteiger partial charge in [-0.05, 0) is 22.9 Å². The van der Waals surface area contributed by atoms with Crippen LogP contribution in [0.25, 0.3) is 0 Å². The molecule has 0 fully saturated rings. The summed E-state index contributed by atoms with van der Waals surface area (Å²) in [5.74, 6) is -0.570. The number of nitrogens with one attached hydrogen (secondary N) is 2. The molecular formula is C12H10N4O2S2. The third kappa shape index (κ3) is 4.11. The Morgan fingerprint density at radius 2 is 1.35 bits per heavy atom. The highest BCUT2D eigenvalue weighted by molar-refractivity contribution is 7.12. The Labute approximate surface area is 122 Å². The van der Waals surface area contributed by atoms with Crippen molar-refractivity contribution in [2.24, 2.45) is 10.2 Å². The summed E-state index contributed by atoms with van der Waals surface area (Å²) < 4.78 is 0. The average molecular weight is 306 g/mol. The zero-order valence-electron chi connectivity index (χ0n) is 10.1. The Kier molecular flexibility index (Phi) is 5.15. The molecule has 2 rings (SSSR count). The van der Waals surface area contributed by atoms with Gasteiger partial charge in [-0.15, -0.1) is 22.7 Å². The Morgan fingerprint density at radius 3 is 1.70 bits per heavy atom. The minimum Gasteiger partial charge on any atom is -0.266 e. The summed E-state index contributed by atoms with van der Waals surface area (Å²) in [5, 5.41) is 11.0. The van der Waals surface area contributed by atoms with Gasteiger partial charge in [0.1, 0.15) is 0 Å². The quantitative estimate of drug-likeness (QED) is 0.653. The van der Waals surface area contributed by atoms with Gasteiger partial charge in [-0.3, -0.25) is 9.59 Å². The molecule has 0 spiro atoms. The van der Waals surface area contributed by atoms with Crippen molar-refractivity contribution < 1.29 is 9.59 Å². The number of carbonyl (C=O) groups excluding carboxylic acids is 2. The van der Waals surface area contributed by atoms with E-state index in [0.29, 0.717) is 9.75 Å². The summed E-state index contributed by atoms with van der Waals surface area (Å²) in [4.78, 5) is 24.1. The topological polar surface area (TPSA) is 82.9 Å². The van der Waals surface area contributed by atoms with E-state index in [1.807, 2.05) is 0 Å². The summed E-state index contributed by atoms with van der Waals surface area (Å²) in [7, 11) is 0. The lowest BCUT2D eigenvalue weighted by Crippen LogP contribution is -2.17. The van der Waals surface area contributed by atoms with Gasteiger partial charge in [-0.1, -0.05) is 12.1 Å². The van der Waals surface area contributed by atoms with E-state index in [1.165, 1.54) is 35.1 Å². The first-order valence-corrected chi connectivity index (χ1v) is 7.25. The number of amides is 2. The van der Waals surface area contributed by atoms with Crippen LogP contribution in [0.3, 0.4) is 0 Å². The maximum absolute atomic E-state index is 11.5. The van der Waals surface area contributed by atoms with Crippen molar-refractivity contribution in [3.05, 3.63) is 44.8 Å². The molecule has 20 heavy (non-hydrogen) atoms. The average Bonchev–Trinajstić information content (AvgIpc) is 3.14. The first-order valence-electron chi connectivity index (χ1n) is 5.50. The fraction of sp³-hybridized carbons (Fsp3) is 0. The predicted octanol–water partition coefficient (Wildman–Crippen LogP) is 1.94. The summed E-state index contributed by atoms with van der Waals surface area (Å²) in [5.41, 5.74) is 4.68. The third-order valence-electron chi connectivity index (χ3n) is 2.04. The molecule has 8 heteroatoms. The Balaban J connectivity index is 1.72. The monoisotopic (exact) mass is 306 g/mol. The van der Waals surface area contributed by atoms with E-state index in [0.717, 1.165) is 0 Å². The minimum absolute atomic E-state index is 0.285. The molecule has 0 bridgehead atoms. The van der Waals surface area contributed by atoms with Crippen molar-refractivity contribution in [3.8, 4) is 0 Å². The smallest absolute Gasteiger partial charge is 0.266 e. The zero-order chi connectivity index (χ0) is 14.2. The van der Waals surface area contributed by atoms with Gasteiger partial charge < -0.3 is 0 Å². The highest BCUT2D eigenvalue weighted by Crippen LogP contribution is 2.07. The van der Waals surface area contributed by atoms with E-state index in [2.05, 4.69) is 21.1 Å². The van der Waals surface area contributed by atoms with Crippen LogP contribution in [0.4, 0.5) is 0 Å². The molecule has 0 aliphatic carbocycles. The number of carbonyl (C=O) groups is 2. The van der Waals surface area contributed by atoms with Crippen LogP contribution in [0.5, 0.6) is 0 Å². The van der Waals surface area contributed by atoms with Crippen molar-refractivity contribution in [2.75, 3.05) is 0 Å². The van der Waals surface area contributed by atoms with Crippen LogP contribution in [-0.4, -0.2) is 24.2 Å². The Bertz CT molecular complexity index is 562. The maximum Gasteiger partial charge on any atom is 0.281 e. The molecule has 0 aliphatic heterocycles. The van der Waals surface area contributed by atoms with Crippen molar-refractivity contribution in [3.63, 3.8) is 0 Å². The minimum atomic E-state index is -0.285. The van der Waals surface area contributed by atoms with Crippen molar-refractivity contribution >= 4 is 46.9 Å². The second-order valence-corrected chi connectivity index (χ2v) is 5.29. The molecule has 0 saturated heterocycles. The van der Waals surface area contributed by atoms with Crippen molar-refractivity contribution in [2.45, 2.75) is 0 Å². The summed E-state index contributed by atoms with van der Waals surface area (Å²) in [6.45, 7) is 0. The number of hydrogen-bond acceptors (Lipinski definition) is 6. The SMILES string of the molecule is O=C(N/N=C\C=N/NC(=O)c1cccs1)c1cccs1. The number of thiophene rings is 2. The highest BCUT2D eigenvalue weighted by Gasteiger charge is 2.04. The Hall–Kier alpha value is -2.32. The second kappa shape index (κ2) is 7.31. The first-order chi connectivity index (χ1) is 9.77. The molecule has 0 atom stereocenters. The molecule has 2 aromatic rings. The Morgan fingerprint density at radius 1 is 0.900 bits per heavy atom. The number of hydrazone groups is 2. The van der Waals surface area contributed by atoms with Gasteiger partial charge in [0.2, 0.25) is 0 Å². The largest absolute Gasteiger partial charge is 0.281 e. The van der Waals surface area contributed by atoms with Crippen LogP contribution in [0.1, 0.15) is 19.3 Å². The zero-order valence-corrected chi connectivity index (χ0v) is 11.8. The van der Waals surface area contributed by atoms with Gasteiger partial charge in [0.05, 0.1) is 22.2 Å². The van der Waals surface area contributed by atoms with Crippen LogP contribution in [0.2, 0.25) is 0 Å². The molecule has 2 heterocycles. The molecule has 0 aliphatic rings. The van der Waals surface area contributed by atoms with Crippen LogP contribution < -0.4 is 10.9 Å². The van der Waals surface area contributed by atoms with Gasteiger partial charge in [0, 0.05) is 0 Å². The molecule has 0 saturated carbocycles. The molecular weight excluding hydrogens is 296 g/mol. The summed E-state index contributed by atoms with van der Waals surface area (Å²) in [6, 6.07) is 6.96. The lowest BCUT2D eigenvalue weighted by molar-refractivity contribution is 0.0950. The first kappa shape index (κ1) is 14.1. The standard InChI is InChI=1S/C12H10N4O2S2/c17-11(9-3-1-7-19-9)15-13-5-6-14-16-12(18)10-4-2-8-20-10/h1-8H,(H,15,17)(H,16,18)/b13-5-,14-6-. The fourth-order valence-electron chi connectivity index (χ4n) is 1.18. The summed E-state index contributed by atoms with van der Waals surface area (Å²) in [6.07, 6.45) is 2.56. The molecule has 2 N–H and O–H groups in total. The van der Waals surface area contributed by atoms with E-state index >= 15 is 0 Å². The lowest BCUT2D eigenvalue weighted by Gasteiger charge is -1.94. The van der Waals surface area contributed by atoms with Crippen molar-refractivity contribution in [1.82, 2.24) is 10.9 Å². The van der Waals surface area contributed by atoms with E-state index in [9.17, 15) is 9.59 Å². The summed E-state index contributed by atoms with van der Waals surface area (Å²) >= 11 is 2.65. The number of rotatable bonds is 5. The third-order valence-corrected chi connectivity index (χ3v) is 3.78. The predicted molar refractivity (Wildman–Crippen MR) is 80.6 cm³/mol. The van der Waals surface area contributed by atoms with Gasteiger partial charge >= 0.3 is 0 Å². The normalized spacial score (nSPS) is 11.0. The molecule has 0 radical (unpaired) electrons. The van der Waals surface area contributed by atoms with Crippen LogP contribution in [-0.2, 0) is 0 Å². The number of hydrogen-bond donors (Lipinski definition) is 2. The van der Waals surface area contributed by atoms with Gasteiger partial charge in [-0.25, -0.2) is 10.9 Å². The number of nitrogens with zero attached hydrogens (tertiary/aromatic N) is 2. The second-order valence-electron chi connectivity index (χ2n) is 3.39. The van der Waals surface area contributed by atoms with Crippen molar-refractivity contribution in [1.29, 1.82) is 0 Å². The molecule has 0 unspecified atom stereocenters. The molecule has 0 aromatic carbocycles. The van der Waals surface area contributed by atoms with Gasteiger partial charge in [0.25, 0.3) is 11.8 Å². The fourth-order valence-corrected chi connectivity index (χ4v) is 2.41. The molecule has 102 valence electrons. The molecule has 2 amide bonds.